The van der Waals surface area contributed by atoms with Crippen LogP contribution in [-0.2, 0) is 11.3 Å². The average Bonchev–Trinajstić information content (AvgIpc) is 2.59. The molecule has 0 aliphatic heterocycles. The Bertz CT molecular complexity index is 737. The van der Waals surface area contributed by atoms with E-state index in [0.29, 0.717) is 5.02 Å². The molecule has 0 bridgehead atoms. The molecule has 2 aromatic carbocycles. The third-order valence-corrected chi connectivity index (χ3v) is 3.74. The first-order valence-electron chi connectivity index (χ1n) is 7.75. The highest BCUT2D eigenvalue weighted by Gasteiger charge is 2.11. The van der Waals surface area contributed by atoms with Crippen LogP contribution >= 0.6 is 11.6 Å². The van der Waals surface area contributed by atoms with E-state index in [9.17, 15) is 14.0 Å². The molecule has 3 N–H and O–H groups in total. The van der Waals surface area contributed by atoms with Gasteiger partial charge in [0.2, 0.25) is 5.91 Å². The monoisotopic (exact) mass is 363 g/mol. The molecule has 0 aliphatic rings. The summed E-state index contributed by atoms with van der Waals surface area (Å²) in [7, 11) is 0. The minimum absolute atomic E-state index is 0.153. The maximum absolute atomic E-state index is 12.8. The predicted molar refractivity (Wildman–Crippen MR) is 94.6 cm³/mol. The number of hydrogen-bond donors (Lipinski definition) is 3. The van der Waals surface area contributed by atoms with Gasteiger partial charge in [0.15, 0.2) is 0 Å². The summed E-state index contributed by atoms with van der Waals surface area (Å²) in [6.45, 7) is 1.92. The standard InChI is InChI=1S/C18H19ClFN3O2/c1-12(14-3-2-4-15(19)9-14)23-17(24)11-22-18(25)21-10-13-5-7-16(20)8-6-13/h2-9,12H,10-11H2,1H3,(H,23,24)(H2,21,22,25). The largest absolute Gasteiger partial charge is 0.348 e. The number of halogens is 2. The molecule has 25 heavy (non-hydrogen) atoms. The van der Waals surface area contributed by atoms with Crippen LogP contribution < -0.4 is 16.0 Å². The van der Waals surface area contributed by atoms with Crippen molar-refractivity contribution in [2.24, 2.45) is 0 Å². The fraction of sp³-hybridized carbons (Fsp3) is 0.222. The summed E-state index contributed by atoms with van der Waals surface area (Å²) in [5.74, 6) is -0.650. The Kier molecular flexibility index (Phi) is 6.77. The van der Waals surface area contributed by atoms with Crippen LogP contribution in [0.3, 0.4) is 0 Å². The Morgan fingerprint density at radius 3 is 2.52 bits per heavy atom. The molecule has 1 atom stereocenters. The topological polar surface area (TPSA) is 70.2 Å². The van der Waals surface area contributed by atoms with Crippen LogP contribution in [0.2, 0.25) is 5.02 Å². The van der Waals surface area contributed by atoms with Crippen molar-refractivity contribution >= 4 is 23.5 Å². The first-order valence-corrected chi connectivity index (χ1v) is 8.13. The van der Waals surface area contributed by atoms with E-state index in [4.69, 9.17) is 11.6 Å². The van der Waals surface area contributed by atoms with E-state index in [1.165, 1.54) is 12.1 Å². The van der Waals surface area contributed by atoms with Gasteiger partial charge in [-0.2, -0.15) is 0 Å². The van der Waals surface area contributed by atoms with Gasteiger partial charge in [0.1, 0.15) is 5.82 Å². The number of urea groups is 1. The minimum atomic E-state index is -0.477. The highest BCUT2D eigenvalue weighted by Crippen LogP contribution is 2.17. The first kappa shape index (κ1) is 18.7. The van der Waals surface area contributed by atoms with E-state index in [-0.39, 0.29) is 30.9 Å². The molecule has 0 saturated heterocycles. The van der Waals surface area contributed by atoms with Gasteiger partial charge in [-0.1, -0.05) is 35.9 Å². The van der Waals surface area contributed by atoms with Crippen molar-refractivity contribution in [2.75, 3.05) is 6.54 Å². The lowest BCUT2D eigenvalue weighted by Gasteiger charge is -2.15. The molecular weight excluding hydrogens is 345 g/mol. The molecule has 3 amide bonds. The number of hydrogen-bond acceptors (Lipinski definition) is 2. The number of carbonyl (C=O) groups is 2. The Labute approximate surface area is 150 Å². The molecule has 7 heteroatoms. The molecule has 0 fully saturated rings. The number of rotatable bonds is 6. The molecule has 132 valence electrons. The summed E-state index contributed by atoms with van der Waals surface area (Å²) < 4.78 is 12.8. The lowest BCUT2D eigenvalue weighted by molar-refractivity contribution is -0.120. The summed E-state index contributed by atoms with van der Waals surface area (Å²) in [6.07, 6.45) is 0. The molecule has 2 rings (SSSR count). The molecule has 0 aliphatic carbocycles. The first-order chi connectivity index (χ1) is 11.9. The van der Waals surface area contributed by atoms with Crippen molar-refractivity contribution in [3.8, 4) is 0 Å². The van der Waals surface area contributed by atoms with Crippen LogP contribution in [0, 0.1) is 5.82 Å². The summed E-state index contributed by atoms with van der Waals surface area (Å²) in [5.41, 5.74) is 1.64. The van der Waals surface area contributed by atoms with E-state index in [0.717, 1.165) is 11.1 Å². The van der Waals surface area contributed by atoms with E-state index in [2.05, 4.69) is 16.0 Å². The van der Waals surface area contributed by atoms with E-state index in [1.54, 1.807) is 24.3 Å². The van der Waals surface area contributed by atoms with Gasteiger partial charge in [0.25, 0.3) is 0 Å². The van der Waals surface area contributed by atoms with Gasteiger partial charge >= 0.3 is 6.03 Å². The maximum Gasteiger partial charge on any atom is 0.315 e. The van der Waals surface area contributed by atoms with Crippen molar-refractivity contribution in [2.45, 2.75) is 19.5 Å². The quantitative estimate of drug-likeness (QED) is 0.737. The van der Waals surface area contributed by atoms with Crippen LogP contribution in [0.25, 0.3) is 0 Å². The third-order valence-electron chi connectivity index (χ3n) is 3.50. The van der Waals surface area contributed by atoms with Gasteiger partial charge in [-0.3, -0.25) is 4.79 Å². The third kappa shape index (κ3) is 6.43. The van der Waals surface area contributed by atoms with E-state index < -0.39 is 6.03 Å². The molecule has 0 heterocycles. The van der Waals surface area contributed by atoms with Crippen molar-refractivity contribution in [1.82, 2.24) is 16.0 Å². The van der Waals surface area contributed by atoms with E-state index >= 15 is 0 Å². The van der Waals surface area contributed by atoms with Crippen LogP contribution in [0.4, 0.5) is 9.18 Å². The fourth-order valence-corrected chi connectivity index (χ4v) is 2.36. The number of amides is 3. The van der Waals surface area contributed by atoms with Crippen molar-refractivity contribution < 1.29 is 14.0 Å². The second-order valence-electron chi connectivity index (χ2n) is 5.51. The summed E-state index contributed by atoms with van der Waals surface area (Å²) in [6, 6.07) is 12.3. The van der Waals surface area contributed by atoms with Crippen molar-refractivity contribution in [1.29, 1.82) is 0 Å². The molecule has 0 radical (unpaired) electrons. The Morgan fingerprint density at radius 2 is 1.84 bits per heavy atom. The molecule has 2 aromatic rings. The van der Waals surface area contributed by atoms with Crippen LogP contribution in [0.15, 0.2) is 48.5 Å². The summed E-state index contributed by atoms with van der Waals surface area (Å²) >= 11 is 5.92. The zero-order valence-electron chi connectivity index (χ0n) is 13.7. The summed E-state index contributed by atoms with van der Waals surface area (Å²) in [4.78, 5) is 23.6. The normalized spacial score (nSPS) is 11.5. The zero-order chi connectivity index (χ0) is 18.2. The van der Waals surface area contributed by atoms with Gasteiger partial charge in [-0.05, 0) is 42.3 Å². The van der Waals surface area contributed by atoms with Gasteiger partial charge in [-0.25, -0.2) is 9.18 Å². The van der Waals surface area contributed by atoms with Crippen LogP contribution in [-0.4, -0.2) is 18.5 Å². The fourth-order valence-electron chi connectivity index (χ4n) is 2.16. The molecule has 5 nitrogen and oxygen atoms in total. The van der Waals surface area contributed by atoms with E-state index in [1.807, 2.05) is 19.1 Å². The number of carbonyl (C=O) groups excluding carboxylic acids is 2. The molecular formula is C18H19ClFN3O2. The Balaban J connectivity index is 1.71. The minimum Gasteiger partial charge on any atom is -0.348 e. The molecule has 1 unspecified atom stereocenters. The Hall–Kier alpha value is -2.60. The SMILES string of the molecule is CC(NC(=O)CNC(=O)NCc1ccc(F)cc1)c1cccc(Cl)c1. The number of nitrogens with one attached hydrogen (secondary N) is 3. The highest BCUT2D eigenvalue weighted by molar-refractivity contribution is 6.30. The highest BCUT2D eigenvalue weighted by atomic mass is 35.5. The molecule has 0 spiro atoms. The van der Waals surface area contributed by atoms with Gasteiger partial charge in [-0.15, -0.1) is 0 Å². The molecule has 0 saturated carbocycles. The lowest BCUT2D eigenvalue weighted by atomic mass is 10.1. The second-order valence-corrected chi connectivity index (χ2v) is 5.94. The van der Waals surface area contributed by atoms with Gasteiger partial charge in [0.05, 0.1) is 12.6 Å². The average molecular weight is 364 g/mol. The van der Waals surface area contributed by atoms with Crippen LogP contribution in [0.1, 0.15) is 24.1 Å². The predicted octanol–water partition coefficient (Wildman–Crippen LogP) is 3.16. The smallest absolute Gasteiger partial charge is 0.315 e. The second kappa shape index (κ2) is 9.03. The molecule has 0 aromatic heterocycles. The maximum atomic E-state index is 12.8. The lowest BCUT2D eigenvalue weighted by Crippen LogP contribution is -2.42. The van der Waals surface area contributed by atoms with Gasteiger partial charge < -0.3 is 16.0 Å². The Morgan fingerprint density at radius 1 is 1.12 bits per heavy atom. The zero-order valence-corrected chi connectivity index (χ0v) is 14.4. The van der Waals surface area contributed by atoms with Crippen molar-refractivity contribution in [3.05, 3.63) is 70.5 Å². The van der Waals surface area contributed by atoms with Crippen LogP contribution in [0.5, 0.6) is 0 Å². The number of benzene rings is 2. The summed E-state index contributed by atoms with van der Waals surface area (Å²) in [5, 5.41) is 8.44. The van der Waals surface area contributed by atoms with Crippen molar-refractivity contribution in [3.63, 3.8) is 0 Å². The van der Waals surface area contributed by atoms with Gasteiger partial charge in [0, 0.05) is 11.6 Å².